The van der Waals surface area contributed by atoms with Gasteiger partial charge >= 0.3 is 0 Å². The van der Waals surface area contributed by atoms with Crippen LogP contribution in [0.4, 0.5) is 5.95 Å². The zero-order chi connectivity index (χ0) is 6.69. The monoisotopic (exact) mass is 124 g/mol. The van der Waals surface area contributed by atoms with Crippen LogP contribution in [0, 0.1) is 0 Å². The zero-order valence-electron chi connectivity index (χ0n) is 4.91. The Morgan fingerprint density at radius 1 is 1.33 bits per heavy atom. The first-order valence-corrected chi connectivity index (χ1v) is 2.59. The highest BCUT2D eigenvalue weighted by molar-refractivity contribution is 5.16. The van der Waals surface area contributed by atoms with Crippen molar-refractivity contribution in [1.29, 1.82) is 0 Å². The number of aromatic nitrogens is 2. The molecular formula is C5H8N4. The Labute approximate surface area is 52.9 Å². The van der Waals surface area contributed by atoms with Crippen molar-refractivity contribution >= 4 is 5.95 Å². The van der Waals surface area contributed by atoms with Crippen molar-refractivity contribution in [1.82, 2.24) is 9.97 Å². The first-order chi connectivity index (χ1) is 4.33. The summed E-state index contributed by atoms with van der Waals surface area (Å²) in [6, 6.07) is 0. The van der Waals surface area contributed by atoms with Crippen LogP contribution in [0.5, 0.6) is 0 Å². The third-order valence-electron chi connectivity index (χ3n) is 0.961. The molecule has 0 unspecified atom stereocenters. The van der Waals surface area contributed by atoms with Crippen molar-refractivity contribution in [2.45, 2.75) is 6.54 Å². The van der Waals surface area contributed by atoms with Gasteiger partial charge in [-0.05, 0) is 0 Å². The third kappa shape index (κ3) is 1.36. The lowest BCUT2D eigenvalue weighted by atomic mass is 10.3. The molecule has 0 atom stereocenters. The summed E-state index contributed by atoms with van der Waals surface area (Å²) < 4.78 is 0. The van der Waals surface area contributed by atoms with Crippen LogP contribution in [0.2, 0.25) is 0 Å². The summed E-state index contributed by atoms with van der Waals surface area (Å²) in [5.41, 5.74) is 11.4. The normalized spacial score (nSPS) is 9.44. The van der Waals surface area contributed by atoms with Gasteiger partial charge in [-0.3, -0.25) is 0 Å². The Morgan fingerprint density at radius 2 is 1.89 bits per heavy atom. The fourth-order valence-electron chi connectivity index (χ4n) is 0.470. The minimum Gasteiger partial charge on any atom is -0.368 e. The molecular weight excluding hydrogens is 116 g/mol. The smallest absolute Gasteiger partial charge is 0.219 e. The van der Waals surface area contributed by atoms with E-state index in [4.69, 9.17) is 11.5 Å². The zero-order valence-corrected chi connectivity index (χ0v) is 4.91. The summed E-state index contributed by atoms with van der Waals surface area (Å²) in [4.78, 5) is 7.47. The molecule has 4 N–H and O–H groups in total. The van der Waals surface area contributed by atoms with E-state index >= 15 is 0 Å². The summed E-state index contributed by atoms with van der Waals surface area (Å²) >= 11 is 0. The molecule has 4 heteroatoms. The van der Waals surface area contributed by atoms with E-state index < -0.39 is 0 Å². The molecule has 0 spiro atoms. The molecule has 0 amide bonds. The molecule has 0 saturated heterocycles. The Hall–Kier alpha value is -1.16. The minimum atomic E-state index is 0.284. The van der Waals surface area contributed by atoms with Crippen molar-refractivity contribution in [2.75, 3.05) is 5.73 Å². The average Bonchev–Trinajstić information content (AvgIpc) is 1.90. The molecule has 1 rings (SSSR count). The molecule has 0 bridgehead atoms. The fraction of sp³-hybridized carbons (Fsp3) is 0.200. The van der Waals surface area contributed by atoms with Crippen molar-refractivity contribution < 1.29 is 0 Å². The van der Waals surface area contributed by atoms with Crippen LogP contribution in [0.1, 0.15) is 5.56 Å². The Morgan fingerprint density at radius 3 is 2.33 bits per heavy atom. The maximum atomic E-state index is 5.28. The van der Waals surface area contributed by atoms with Gasteiger partial charge in [0, 0.05) is 24.5 Å². The average molecular weight is 124 g/mol. The van der Waals surface area contributed by atoms with Crippen molar-refractivity contribution in [2.24, 2.45) is 5.73 Å². The van der Waals surface area contributed by atoms with Gasteiger partial charge in [-0.25, -0.2) is 9.97 Å². The quantitative estimate of drug-likeness (QED) is 0.530. The van der Waals surface area contributed by atoms with E-state index in [9.17, 15) is 0 Å². The van der Waals surface area contributed by atoms with Crippen molar-refractivity contribution in [3.8, 4) is 0 Å². The van der Waals surface area contributed by atoms with Gasteiger partial charge < -0.3 is 11.5 Å². The first-order valence-electron chi connectivity index (χ1n) is 2.59. The lowest BCUT2D eigenvalue weighted by molar-refractivity contribution is 1.01. The number of hydrogen-bond acceptors (Lipinski definition) is 4. The second-order valence-electron chi connectivity index (χ2n) is 1.65. The number of nitrogens with two attached hydrogens (primary N) is 2. The molecule has 0 aliphatic carbocycles. The van der Waals surface area contributed by atoms with Gasteiger partial charge in [0.25, 0.3) is 0 Å². The predicted octanol–water partition coefficient (Wildman–Crippen LogP) is -0.483. The molecule has 0 radical (unpaired) electrons. The van der Waals surface area contributed by atoms with Gasteiger partial charge in [0.15, 0.2) is 0 Å². The largest absolute Gasteiger partial charge is 0.368 e. The standard InChI is InChI=1S/C5H8N4/c6-1-4-2-8-5(7)9-3-4/h2-3H,1,6H2,(H2,7,8,9). The second kappa shape index (κ2) is 2.41. The summed E-state index contributed by atoms with van der Waals surface area (Å²) in [7, 11) is 0. The maximum absolute atomic E-state index is 5.28. The first kappa shape index (κ1) is 5.97. The molecule has 1 aromatic heterocycles. The highest BCUT2D eigenvalue weighted by Crippen LogP contribution is 1.93. The van der Waals surface area contributed by atoms with Gasteiger partial charge in [-0.1, -0.05) is 0 Å². The summed E-state index contributed by atoms with van der Waals surface area (Å²) in [5.74, 6) is 0.284. The van der Waals surface area contributed by atoms with Crippen molar-refractivity contribution in [3.63, 3.8) is 0 Å². The van der Waals surface area contributed by atoms with Gasteiger partial charge in [-0.15, -0.1) is 0 Å². The van der Waals surface area contributed by atoms with E-state index in [2.05, 4.69) is 9.97 Å². The van der Waals surface area contributed by atoms with Crippen LogP contribution in [-0.4, -0.2) is 9.97 Å². The Balaban J connectivity index is 2.88. The molecule has 48 valence electrons. The molecule has 1 aromatic rings. The van der Waals surface area contributed by atoms with Crippen molar-refractivity contribution in [3.05, 3.63) is 18.0 Å². The predicted molar refractivity (Wildman–Crippen MR) is 34.3 cm³/mol. The van der Waals surface area contributed by atoms with Crippen LogP contribution in [-0.2, 0) is 6.54 Å². The highest BCUT2D eigenvalue weighted by atomic mass is 15.0. The van der Waals surface area contributed by atoms with Gasteiger partial charge in [0.1, 0.15) is 0 Å². The summed E-state index contributed by atoms with van der Waals surface area (Å²) in [5, 5.41) is 0. The molecule has 0 saturated carbocycles. The lowest BCUT2D eigenvalue weighted by Gasteiger charge is -1.92. The minimum absolute atomic E-state index is 0.284. The molecule has 0 aliphatic heterocycles. The Kier molecular flexibility index (Phi) is 1.60. The van der Waals surface area contributed by atoms with Gasteiger partial charge in [0.2, 0.25) is 5.95 Å². The molecule has 1 heterocycles. The van der Waals surface area contributed by atoms with Crippen LogP contribution in [0.25, 0.3) is 0 Å². The van der Waals surface area contributed by atoms with E-state index in [-0.39, 0.29) is 5.95 Å². The number of nitrogens with zero attached hydrogens (tertiary/aromatic N) is 2. The molecule has 4 nitrogen and oxygen atoms in total. The third-order valence-corrected chi connectivity index (χ3v) is 0.961. The van der Waals surface area contributed by atoms with E-state index in [1.54, 1.807) is 12.4 Å². The van der Waals surface area contributed by atoms with Gasteiger partial charge in [-0.2, -0.15) is 0 Å². The summed E-state index contributed by atoms with van der Waals surface area (Å²) in [6.45, 7) is 0.459. The number of hydrogen-bond donors (Lipinski definition) is 2. The van der Waals surface area contributed by atoms with E-state index in [1.807, 2.05) is 0 Å². The van der Waals surface area contributed by atoms with Crippen LogP contribution in [0.15, 0.2) is 12.4 Å². The second-order valence-corrected chi connectivity index (χ2v) is 1.65. The number of nitrogen functional groups attached to an aromatic ring is 1. The van der Waals surface area contributed by atoms with E-state index in [0.717, 1.165) is 5.56 Å². The van der Waals surface area contributed by atoms with Crippen LogP contribution >= 0.6 is 0 Å². The molecule has 0 aromatic carbocycles. The fourth-order valence-corrected chi connectivity index (χ4v) is 0.470. The van der Waals surface area contributed by atoms with Gasteiger partial charge in [0.05, 0.1) is 0 Å². The van der Waals surface area contributed by atoms with Crippen LogP contribution in [0.3, 0.4) is 0 Å². The lowest BCUT2D eigenvalue weighted by Crippen LogP contribution is -2.00. The van der Waals surface area contributed by atoms with Crippen LogP contribution < -0.4 is 11.5 Å². The number of rotatable bonds is 1. The molecule has 0 aliphatic rings. The number of anilines is 1. The van der Waals surface area contributed by atoms with E-state index in [0.29, 0.717) is 6.54 Å². The SMILES string of the molecule is NCc1cnc(N)nc1. The summed E-state index contributed by atoms with van der Waals surface area (Å²) in [6.07, 6.45) is 3.23. The Bertz CT molecular complexity index is 181. The molecule has 0 fully saturated rings. The molecule has 9 heavy (non-hydrogen) atoms. The maximum Gasteiger partial charge on any atom is 0.219 e. The topological polar surface area (TPSA) is 77.8 Å². The highest BCUT2D eigenvalue weighted by Gasteiger charge is 1.88. The van der Waals surface area contributed by atoms with E-state index in [1.165, 1.54) is 0 Å².